The topological polar surface area (TPSA) is 78.9 Å². The maximum atomic E-state index is 11.3. The number of ether oxygens (including phenoxy) is 1. The standard InChI is InChI=1S/C10H18N2O4/c1-2-11-9(13)7-12-3-4-16-8(6-12)5-10(14)15/h8H,2-7H2,1H3,(H,11,13)(H,14,15). The second kappa shape index (κ2) is 6.44. The minimum atomic E-state index is -0.871. The van der Waals surface area contributed by atoms with Gasteiger partial charge in [-0.3, -0.25) is 14.5 Å². The molecule has 1 atom stereocenters. The van der Waals surface area contributed by atoms with Crippen molar-refractivity contribution in [3.05, 3.63) is 0 Å². The molecule has 0 aliphatic carbocycles. The van der Waals surface area contributed by atoms with Crippen LogP contribution in [0.2, 0.25) is 0 Å². The molecule has 16 heavy (non-hydrogen) atoms. The van der Waals surface area contributed by atoms with E-state index in [9.17, 15) is 9.59 Å². The minimum absolute atomic E-state index is 0.00804. The molecule has 2 N–H and O–H groups in total. The molecule has 1 aliphatic heterocycles. The van der Waals surface area contributed by atoms with Crippen LogP contribution >= 0.6 is 0 Å². The van der Waals surface area contributed by atoms with Crippen LogP contribution in [0, 0.1) is 0 Å². The Labute approximate surface area is 94.6 Å². The zero-order chi connectivity index (χ0) is 12.0. The van der Waals surface area contributed by atoms with E-state index >= 15 is 0 Å². The molecule has 6 nitrogen and oxygen atoms in total. The molecule has 0 aromatic carbocycles. The maximum Gasteiger partial charge on any atom is 0.306 e. The first kappa shape index (κ1) is 12.9. The van der Waals surface area contributed by atoms with Crippen molar-refractivity contribution < 1.29 is 19.4 Å². The molecule has 1 saturated heterocycles. The Bertz CT molecular complexity index is 257. The van der Waals surface area contributed by atoms with Crippen molar-refractivity contribution in [1.82, 2.24) is 10.2 Å². The number of aliphatic carboxylic acids is 1. The van der Waals surface area contributed by atoms with E-state index in [1.165, 1.54) is 0 Å². The van der Waals surface area contributed by atoms with Gasteiger partial charge < -0.3 is 15.2 Å². The van der Waals surface area contributed by atoms with Crippen LogP contribution in [0.25, 0.3) is 0 Å². The van der Waals surface area contributed by atoms with Gasteiger partial charge in [-0.2, -0.15) is 0 Å². The maximum absolute atomic E-state index is 11.3. The number of amides is 1. The Balaban J connectivity index is 2.32. The number of carbonyl (C=O) groups is 2. The van der Waals surface area contributed by atoms with Crippen LogP contribution in [0.1, 0.15) is 13.3 Å². The highest BCUT2D eigenvalue weighted by atomic mass is 16.5. The highest BCUT2D eigenvalue weighted by Crippen LogP contribution is 2.08. The Kier molecular flexibility index (Phi) is 5.21. The number of carboxylic acids is 1. The van der Waals surface area contributed by atoms with Gasteiger partial charge in [0.05, 0.1) is 25.7 Å². The van der Waals surface area contributed by atoms with Gasteiger partial charge in [0.1, 0.15) is 0 Å². The Hall–Kier alpha value is -1.14. The molecular formula is C10H18N2O4. The summed E-state index contributed by atoms with van der Waals surface area (Å²) >= 11 is 0. The van der Waals surface area contributed by atoms with Crippen LogP contribution < -0.4 is 5.32 Å². The number of carbonyl (C=O) groups excluding carboxylic acids is 1. The first-order valence-corrected chi connectivity index (χ1v) is 5.44. The number of morpholine rings is 1. The third-order valence-corrected chi connectivity index (χ3v) is 2.37. The van der Waals surface area contributed by atoms with Crippen molar-refractivity contribution in [2.24, 2.45) is 0 Å². The molecular weight excluding hydrogens is 212 g/mol. The van der Waals surface area contributed by atoms with Gasteiger partial charge >= 0.3 is 5.97 Å². The number of carboxylic acid groups (broad SMARTS) is 1. The van der Waals surface area contributed by atoms with Crippen LogP contribution in [0.3, 0.4) is 0 Å². The summed E-state index contributed by atoms with van der Waals surface area (Å²) in [6, 6.07) is 0. The number of likely N-dealkylation sites (N-methyl/N-ethyl adjacent to an activating group) is 1. The van der Waals surface area contributed by atoms with E-state index in [1.807, 2.05) is 11.8 Å². The van der Waals surface area contributed by atoms with Gasteiger partial charge in [0.25, 0.3) is 0 Å². The van der Waals surface area contributed by atoms with Gasteiger partial charge in [0.2, 0.25) is 5.91 Å². The second-order valence-corrected chi connectivity index (χ2v) is 3.78. The van der Waals surface area contributed by atoms with E-state index in [-0.39, 0.29) is 18.4 Å². The molecule has 1 aliphatic rings. The molecule has 0 aromatic heterocycles. The van der Waals surface area contributed by atoms with Crippen LogP contribution in [-0.2, 0) is 14.3 Å². The molecule has 0 aromatic rings. The van der Waals surface area contributed by atoms with E-state index in [0.717, 1.165) is 0 Å². The molecule has 0 bridgehead atoms. The lowest BCUT2D eigenvalue weighted by Gasteiger charge is -2.31. The van der Waals surface area contributed by atoms with Gasteiger partial charge in [0, 0.05) is 19.6 Å². The van der Waals surface area contributed by atoms with E-state index in [0.29, 0.717) is 32.8 Å². The molecule has 1 heterocycles. The fourth-order valence-electron chi connectivity index (χ4n) is 1.70. The fourth-order valence-corrected chi connectivity index (χ4v) is 1.70. The van der Waals surface area contributed by atoms with Gasteiger partial charge in [-0.1, -0.05) is 0 Å². The quantitative estimate of drug-likeness (QED) is 0.653. The Morgan fingerprint density at radius 2 is 2.31 bits per heavy atom. The molecule has 0 spiro atoms. The van der Waals surface area contributed by atoms with Gasteiger partial charge in [-0.05, 0) is 6.92 Å². The first-order chi connectivity index (χ1) is 7.61. The molecule has 0 saturated carbocycles. The normalized spacial score (nSPS) is 21.7. The van der Waals surface area contributed by atoms with Gasteiger partial charge in [0.15, 0.2) is 0 Å². The minimum Gasteiger partial charge on any atom is -0.481 e. The zero-order valence-corrected chi connectivity index (χ0v) is 9.44. The molecule has 1 amide bonds. The average Bonchev–Trinajstić information content (AvgIpc) is 2.17. The van der Waals surface area contributed by atoms with E-state index in [1.54, 1.807) is 0 Å². The van der Waals surface area contributed by atoms with Gasteiger partial charge in [-0.15, -0.1) is 0 Å². The van der Waals surface area contributed by atoms with Crippen molar-refractivity contribution in [3.63, 3.8) is 0 Å². The predicted molar refractivity (Wildman–Crippen MR) is 57.1 cm³/mol. The lowest BCUT2D eigenvalue weighted by molar-refractivity contribution is -0.142. The van der Waals surface area contributed by atoms with Crippen LogP contribution in [0.15, 0.2) is 0 Å². The molecule has 1 fully saturated rings. The highest BCUT2D eigenvalue weighted by Gasteiger charge is 2.23. The Morgan fingerprint density at radius 1 is 1.56 bits per heavy atom. The van der Waals surface area contributed by atoms with E-state index in [2.05, 4.69) is 5.32 Å². The van der Waals surface area contributed by atoms with Crippen LogP contribution in [0.5, 0.6) is 0 Å². The number of nitrogens with zero attached hydrogens (tertiary/aromatic N) is 1. The number of rotatable bonds is 5. The van der Waals surface area contributed by atoms with Crippen molar-refractivity contribution in [1.29, 1.82) is 0 Å². The second-order valence-electron chi connectivity index (χ2n) is 3.78. The summed E-state index contributed by atoms with van der Waals surface area (Å²) in [6.45, 7) is 4.45. The third-order valence-electron chi connectivity index (χ3n) is 2.37. The summed E-state index contributed by atoms with van der Waals surface area (Å²) in [7, 11) is 0. The summed E-state index contributed by atoms with van der Waals surface area (Å²) in [5, 5.41) is 11.4. The summed E-state index contributed by atoms with van der Waals surface area (Å²) in [5.74, 6) is -0.900. The van der Waals surface area contributed by atoms with Crippen molar-refractivity contribution in [3.8, 4) is 0 Å². The molecule has 6 heteroatoms. The SMILES string of the molecule is CCNC(=O)CN1CCOC(CC(=O)O)C1. The summed E-state index contributed by atoms with van der Waals surface area (Å²) in [5.41, 5.74) is 0. The monoisotopic (exact) mass is 230 g/mol. The van der Waals surface area contributed by atoms with Crippen molar-refractivity contribution >= 4 is 11.9 Å². The van der Waals surface area contributed by atoms with Crippen molar-refractivity contribution in [2.45, 2.75) is 19.4 Å². The van der Waals surface area contributed by atoms with E-state index < -0.39 is 5.97 Å². The molecule has 1 unspecified atom stereocenters. The number of nitrogens with one attached hydrogen (secondary N) is 1. The fraction of sp³-hybridized carbons (Fsp3) is 0.800. The highest BCUT2D eigenvalue weighted by molar-refractivity contribution is 5.77. The number of hydrogen-bond donors (Lipinski definition) is 2. The van der Waals surface area contributed by atoms with E-state index in [4.69, 9.17) is 9.84 Å². The van der Waals surface area contributed by atoms with Crippen LogP contribution in [0.4, 0.5) is 0 Å². The molecule has 1 rings (SSSR count). The molecule has 92 valence electrons. The summed E-state index contributed by atoms with van der Waals surface area (Å²) < 4.78 is 5.31. The molecule has 0 radical (unpaired) electrons. The zero-order valence-electron chi connectivity index (χ0n) is 9.44. The van der Waals surface area contributed by atoms with Crippen LogP contribution in [-0.4, -0.2) is 60.8 Å². The lowest BCUT2D eigenvalue weighted by atomic mass is 10.2. The largest absolute Gasteiger partial charge is 0.481 e. The number of hydrogen-bond acceptors (Lipinski definition) is 4. The smallest absolute Gasteiger partial charge is 0.306 e. The summed E-state index contributed by atoms with van der Waals surface area (Å²) in [6.07, 6.45) is -0.313. The Morgan fingerprint density at radius 3 is 2.94 bits per heavy atom. The lowest BCUT2D eigenvalue weighted by Crippen LogP contribution is -2.47. The summed E-state index contributed by atoms with van der Waals surface area (Å²) in [4.78, 5) is 23.8. The third kappa shape index (κ3) is 4.59. The van der Waals surface area contributed by atoms with Gasteiger partial charge in [-0.25, -0.2) is 0 Å². The first-order valence-electron chi connectivity index (χ1n) is 5.44. The van der Waals surface area contributed by atoms with Crippen molar-refractivity contribution in [2.75, 3.05) is 32.8 Å². The average molecular weight is 230 g/mol. The predicted octanol–water partition coefficient (Wildman–Crippen LogP) is -0.702.